The van der Waals surface area contributed by atoms with Crippen molar-refractivity contribution >= 4 is 22.1 Å². The largest absolute Gasteiger partial charge is 0.508 e. The minimum atomic E-state index is -0.580. The first-order valence-electron chi connectivity index (χ1n) is 3.16. The van der Waals surface area contributed by atoms with Crippen molar-refractivity contribution in [1.29, 1.82) is 0 Å². The maximum Gasteiger partial charge on any atom is 0.508 e. The lowest BCUT2D eigenvalue weighted by atomic mass is 10.5. The van der Waals surface area contributed by atoms with Gasteiger partial charge in [0.2, 0.25) is 0 Å². The molecule has 0 aliphatic heterocycles. The first-order valence-corrected chi connectivity index (χ1v) is 4.29. The predicted octanol–water partition coefficient (Wildman–Crippen LogP) is 1.94. The average molecular weight is 211 g/mol. The Morgan fingerprint density at radius 3 is 2.70 bits per heavy atom. The summed E-state index contributed by atoms with van der Waals surface area (Å²) < 4.78 is 9.14. The maximum absolute atomic E-state index is 10.5. The molecular formula is C6H11BrO3. The summed E-state index contributed by atoms with van der Waals surface area (Å²) in [5, 5.41) is 0.840. The third kappa shape index (κ3) is 5.88. The quantitative estimate of drug-likeness (QED) is 0.405. The van der Waals surface area contributed by atoms with E-state index in [-0.39, 0.29) is 0 Å². The number of alkyl halides is 1. The molecule has 0 heterocycles. The molecule has 0 radical (unpaired) electrons. The van der Waals surface area contributed by atoms with Crippen LogP contribution in [-0.2, 0) is 9.47 Å². The molecule has 0 fully saturated rings. The molecule has 3 nitrogen and oxygen atoms in total. The Balaban J connectivity index is 3.05. The monoisotopic (exact) mass is 210 g/mol. The van der Waals surface area contributed by atoms with Crippen molar-refractivity contribution in [3.05, 3.63) is 0 Å². The Morgan fingerprint density at radius 2 is 2.20 bits per heavy atom. The van der Waals surface area contributed by atoms with E-state index in [2.05, 4.69) is 25.4 Å². The topological polar surface area (TPSA) is 35.5 Å². The fraction of sp³-hybridized carbons (Fsp3) is 0.833. The Labute approximate surface area is 68.8 Å². The van der Waals surface area contributed by atoms with Gasteiger partial charge in [-0.2, -0.15) is 0 Å². The molecule has 0 spiro atoms. The SMILES string of the molecule is CCOC(=O)OCCCBr. The predicted molar refractivity (Wildman–Crippen MR) is 41.4 cm³/mol. The van der Waals surface area contributed by atoms with E-state index in [1.165, 1.54) is 0 Å². The van der Waals surface area contributed by atoms with Crippen LogP contribution in [0.2, 0.25) is 0 Å². The van der Waals surface area contributed by atoms with E-state index in [0.29, 0.717) is 13.2 Å². The van der Waals surface area contributed by atoms with E-state index >= 15 is 0 Å². The molecule has 0 aromatic carbocycles. The van der Waals surface area contributed by atoms with Gasteiger partial charge in [-0.3, -0.25) is 0 Å². The van der Waals surface area contributed by atoms with Crippen molar-refractivity contribution in [3.63, 3.8) is 0 Å². The van der Waals surface area contributed by atoms with Gasteiger partial charge in [-0.25, -0.2) is 4.79 Å². The lowest BCUT2D eigenvalue weighted by Gasteiger charge is -2.01. The van der Waals surface area contributed by atoms with Gasteiger partial charge in [-0.05, 0) is 13.3 Å². The highest BCUT2D eigenvalue weighted by Gasteiger charge is 1.99. The van der Waals surface area contributed by atoms with Gasteiger partial charge in [0, 0.05) is 5.33 Å². The normalized spacial score (nSPS) is 9.00. The maximum atomic E-state index is 10.5. The molecule has 0 atom stereocenters. The molecule has 0 saturated carbocycles. The Kier molecular flexibility index (Phi) is 6.69. The standard InChI is InChI=1S/C6H11BrO3/c1-2-9-6(8)10-5-3-4-7/h2-5H2,1H3. The Bertz CT molecular complexity index is 95.0. The number of carbonyl (C=O) groups is 1. The molecule has 0 aliphatic rings. The van der Waals surface area contributed by atoms with E-state index in [9.17, 15) is 4.79 Å². The van der Waals surface area contributed by atoms with Crippen LogP contribution < -0.4 is 0 Å². The minimum Gasteiger partial charge on any atom is -0.435 e. The molecule has 0 rings (SSSR count). The van der Waals surface area contributed by atoms with Crippen LogP contribution in [0.4, 0.5) is 4.79 Å². The van der Waals surface area contributed by atoms with Crippen LogP contribution in [0.25, 0.3) is 0 Å². The second-order valence-electron chi connectivity index (χ2n) is 1.57. The molecule has 0 N–H and O–H groups in total. The van der Waals surface area contributed by atoms with Crippen molar-refractivity contribution < 1.29 is 14.3 Å². The van der Waals surface area contributed by atoms with Crippen molar-refractivity contribution in [3.8, 4) is 0 Å². The van der Waals surface area contributed by atoms with Gasteiger partial charge < -0.3 is 9.47 Å². The lowest BCUT2D eigenvalue weighted by Crippen LogP contribution is -2.07. The van der Waals surface area contributed by atoms with Gasteiger partial charge in [-0.1, -0.05) is 15.9 Å². The summed E-state index contributed by atoms with van der Waals surface area (Å²) in [7, 11) is 0. The molecule has 0 aromatic heterocycles. The van der Waals surface area contributed by atoms with Gasteiger partial charge in [-0.15, -0.1) is 0 Å². The molecule has 0 unspecified atom stereocenters. The van der Waals surface area contributed by atoms with Gasteiger partial charge in [0.25, 0.3) is 0 Å². The highest BCUT2D eigenvalue weighted by Crippen LogP contribution is 1.90. The molecule has 0 saturated heterocycles. The summed E-state index contributed by atoms with van der Waals surface area (Å²) >= 11 is 3.21. The van der Waals surface area contributed by atoms with Gasteiger partial charge in [0.1, 0.15) is 0 Å². The zero-order valence-corrected chi connectivity index (χ0v) is 7.52. The average Bonchev–Trinajstić information content (AvgIpc) is 1.89. The smallest absolute Gasteiger partial charge is 0.435 e. The molecule has 4 heteroatoms. The summed E-state index contributed by atoms with van der Waals surface area (Å²) in [6.07, 6.45) is 0.238. The van der Waals surface area contributed by atoms with Crippen LogP contribution in [0.15, 0.2) is 0 Å². The minimum absolute atomic E-state index is 0.368. The zero-order valence-electron chi connectivity index (χ0n) is 5.93. The first kappa shape index (κ1) is 9.75. The number of ether oxygens (including phenoxy) is 2. The van der Waals surface area contributed by atoms with Crippen LogP contribution in [0.1, 0.15) is 13.3 Å². The zero-order chi connectivity index (χ0) is 7.82. The summed E-state index contributed by atoms with van der Waals surface area (Å²) in [6, 6.07) is 0. The molecular weight excluding hydrogens is 200 g/mol. The molecule has 0 bridgehead atoms. The van der Waals surface area contributed by atoms with Crippen LogP contribution in [0, 0.1) is 0 Å². The van der Waals surface area contributed by atoms with E-state index in [1.807, 2.05) is 0 Å². The van der Waals surface area contributed by atoms with Gasteiger partial charge >= 0.3 is 6.16 Å². The number of hydrogen-bond acceptors (Lipinski definition) is 3. The van der Waals surface area contributed by atoms with Crippen LogP contribution in [0.5, 0.6) is 0 Å². The van der Waals surface area contributed by atoms with E-state index in [4.69, 9.17) is 0 Å². The van der Waals surface area contributed by atoms with Crippen molar-refractivity contribution in [2.24, 2.45) is 0 Å². The second-order valence-corrected chi connectivity index (χ2v) is 2.37. The van der Waals surface area contributed by atoms with Crippen LogP contribution in [-0.4, -0.2) is 24.7 Å². The fourth-order valence-electron chi connectivity index (χ4n) is 0.370. The second kappa shape index (κ2) is 6.86. The summed E-state index contributed by atoms with van der Waals surface area (Å²) in [5.41, 5.74) is 0. The van der Waals surface area contributed by atoms with E-state index in [1.54, 1.807) is 6.92 Å². The third-order valence-corrected chi connectivity index (χ3v) is 1.32. The number of rotatable bonds is 4. The van der Waals surface area contributed by atoms with Crippen molar-refractivity contribution in [2.75, 3.05) is 18.5 Å². The van der Waals surface area contributed by atoms with Gasteiger partial charge in [0.05, 0.1) is 13.2 Å². The molecule has 0 aromatic rings. The highest BCUT2D eigenvalue weighted by atomic mass is 79.9. The Hall–Kier alpha value is -0.250. The summed E-state index contributed by atoms with van der Waals surface area (Å²) in [6.45, 7) is 2.53. The highest BCUT2D eigenvalue weighted by molar-refractivity contribution is 9.09. The lowest BCUT2D eigenvalue weighted by molar-refractivity contribution is 0.0594. The first-order chi connectivity index (χ1) is 4.81. The number of carbonyl (C=O) groups excluding carboxylic acids is 1. The molecule has 10 heavy (non-hydrogen) atoms. The molecule has 60 valence electrons. The fourth-order valence-corrected chi connectivity index (χ4v) is 0.598. The van der Waals surface area contributed by atoms with E-state index in [0.717, 1.165) is 11.8 Å². The van der Waals surface area contributed by atoms with Gasteiger partial charge in [0.15, 0.2) is 0 Å². The molecule has 0 aliphatic carbocycles. The Morgan fingerprint density at radius 1 is 1.50 bits per heavy atom. The van der Waals surface area contributed by atoms with Crippen LogP contribution >= 0.6 is 15.9 Å². The summed E-state index contributed by atoms with van der Waals surface area (Å²) in [4.78, 5) is 10.5. The van der Waals surface area contributed by atoms with Crippen molar-refractivity contribution in [1.82, 2.24) is 0 Å². The third-order valence-electron chi connectivity index (χ3n) is 0.760. The number of halogens is 1. The summed E-state index contributed by atoms with van der Waals surface area (Å²) in [5.74, 6) is 0. The number of hydrogen-bond donors (Lipinski definition) is 0. The van der Waals surface area contributed by atoms with Crippen LogP contribution in [0.3, 0.4) is 0 Å². The van der Waals surface area contributed by atoms with E-state index < -0.39 is 6.16 Å². The molecule has 0 amide bonds. The van der Waals surface area contributed by atoms with Crippen molar-refractivity contribution in [2.45, 2.75) is 13.3 Å².